The molecule has 1 aromatic rings. The highest BCUT2D eigenvalue weighted by Crippen LogP contribution is 2.12. The predicted octanol–water partition coefficient (Wildman–Crippen LogP) is -0.484. The quantitative estimate of drug-likeness (QED) is 0.114. The third-order valence-electron chi connectivity index (χ3n) is 5.35. The molecule has 0 saturated heterocycles. The molecule has 0 spiro atoms. The number of thiol groups is 1. The number of hydrogen-bond acceptors (Lipinski definition) is 8. The maximum absolute atomic E-state index is 13.0. The van der Waals surface area contributed by atoms with Gasteiger partial charge in [-0.3, -0.25) is 14.4 Å². The number of nitrogens with two attached hydrogens (primary N) is 2. The Kier molecular flexibility index (Phi) is 13.1. The molecule has 196 valence electrons. The molecule has 1 rings (SSSR count). The van der Waals surface area contributed by atoms with Crippen LogP contribution in [0.5, 0.6) is 5.75 Å². The van der Waals surface area contributed by atoms with Gasteiger partial charge in [0, 0.05) is 12.2 Å². The van der Waals surface area contributed by atoms with Crippen molar-refractivity contribution in [3.63, 3.8) is 0 Å². The average Bonchev–Trinajstić information content (AvgIpc) is 2.81. The van der Waals surface area contributed by atoms with Gasteiger partial charge in [0.05, 0.1) is 6.04 Å². The van der Waals surface area contributed by atoms with Crippen molar-refractivity contribution in [3.8, 4) is 5.75 Å². The smallest absolute Gasteiger partial charge is 0.326 e. The molecule has 12 heteroatoms. The van der Waals surface area contributed by atoms with Crippen LogP contribution in [-0.2, 0) is 25.6 Å². The minimum atomic E-state index is -1.25. The summed E-state index contributed by atoms with van der Waals surface area (Å²) in [5.74, 6) is -3.21. The van der Waals surface area contributed by atoms with Crippen LogP contribution >= 0.6 is 12.6 Å². The summed E-state index contributed by atoms with van der Waals surface area (Å²) in [6.45, 7) is 3.86. The Labute approximate surface area is 210 Å². The van der Waals surface area contributed by atoms with Gasteiger partial charge in [-0.05, 0) is 49.4 Å². The van der Waals surface area contributed by atoms with Crippen LogP contribution in [0.4, 0.5) is 0 Å². The van der Waals surface area contributed by atoms with Gasteiger partial charge in [0.1, 0.15) is 23.9 Å². The Bertz CT molecular complexity index is 851. The van der Waals surface area contributed by atoms with E-state index in [1.807, 2.05) is 0 Å². The van der Waals surface area contributed by atoms with Gasteiger partial charge in [-0.2, -0.15) is 12.6 Å². The van der Waals surface area contributed by atoms with E-state index in [0.29, 0.717) is 24.9 Å². The number of amides is 3. The molecule has 0 saturated carbocycles. The van der Waals surface area contributed by atoms with Crippen molar-refractivity contribution in [2.24, 2.45) is 17.4 Å². The molecule has 4 unspecified atom stereocenters. The molecular weight excluding hydrogens is 474 g/mol. The normalized spacial score (nSPS) is 14.5. The zero-order chi connectivity index (χ0) is 26.5. The van der Waals surface area contributed by atoms with Gasteiger partial charge in [-0.1, -0.05) is 26.0 Å². The number of aromatic hydroxyl groups is 1. The lowest BCUT2D eigenvalue weighted by Crippen LogP contribution is -2.58. The molecule has 11 nitrogen and oxygen atoms in total. The van der Waals surface area contributed by atoms with E-state index in [4.69, 9.17) is 11.5 Å². The van der Waals surface area contributed by atoms with Crippen molar-refractivity contribution in [2.75, 3.05) is 12.3 Å². The first-order chi connectivity index (χ1) is 16.5. The van der Waals surface area contributed by atoms with Crippen molar-refractivity contribution in [3.05, 3.63) is 29.8 Å². The molecule has 0 bridgehead atoms. The Morgan fingerprint density at radius 3 is 2.06 bits per heavy atom. The van der Waals surface area contributed by atoms with Crippen LogP contribution in [0, 0.1) is 5.92 Å². The zero-order valence-corrected chi connectivity index (χ0v) is 21.0. The molecule has 9 N–H and O–H groups in total. The number of phenolic OH excluding ortho intramolecular Hbond substituents is 1. The summed E-state index contributed by atoms with van der Waals surface area (Å²) in [4.78, 5) is 50.0. The Balaban J connectivity index is 2.99. The topological polar surface area (TPSA) is 197 Å². The molecule has 0 aliphatic rings. The van der Waals surface area contributed by atoms with Gasteiger partial charge in [0.15, 0.2) is 0 Å². The van der Waals surface area contributed by atoms with E-state index in [9.17, 15) is 29.4 Å². The monoisotopic (exact) mass is 511 g/mol. The van der Waals surface area contributed by atoms with Gasteiger partial charge < -0.3 is 37.6 Å². The maximum Gasteiger partial charge on any atom is 0.326 e. The predicted molar refractivity (Wildman–Crippen MR) is 135 cm³/mol. The molecule has 0 heterocycles. The zero-order valence-electron chi connectivity index (χ0n) is 20.1. The van der Waals surface area contributed by atoms with Crippen LogP contribution in [0.15, 0.2) is 24.3 Å². The summed E-state index contributed by atoms with van der Waals surface area (Å²) < 4.78 is 0. The van der Waals surface area contributed by atoms with Crippen molar-refractivity contribution >= 4 is 36.3 Å². The fourth-order valence-corrected chi connectivity index (χ4v) is 3.41. The first-order valence-corrected chi connectivity index (χ1v) is 12.1. The molecule has 0 fully saturated rings. The van der Waals surface area contributed by atoms with Gasteiger partial charge in [0.25, 0.3) is 0 Å². The van der Waals surface area contributed by atoms with E-state index >= 15 is 0 Å². The Morgan fingerprint density at radius 1 is 0.943 bits per heavy atom. The molecule has 0 radical (unpaired) electrons. The molecular formula is C23H37N5O6S. The third kappa shape index (κ3) is 10.5. The first-order valence-electron chi connectivity index (χ1n) is 11.5. The molecule has 0 aliphatic carbocycles. The highest BCUT2D eigenvalue weighted by atomic mass is 32.1. The highest BCUT2D eigenvalue weighted by Gasteiger charge is 2.31. The van der Waals surface area contributed by atoms with E-state index in [1.165, 1.54) is 12.1 Å². The second kappa shape index (κ2) is 15.2. The Hall–Kier alpha value is -2.83. The number of carbonyl (C=O) groups excluding carboxylic acids is 3. The number of carboxylic acids is 1. The van der Waals surface area contributed by atoms with E-state index in [0.717, 1.165) is 0 Å². The maximum atomic E-state index is 13.0. The van der Waals surface area contributed by atoms with Crippen LogP contribution < -0.4 is 27.4 Å². The summed E-state index contributed by atoms with van der Waals surface area (Å²) in [6, 6.07) is 1.82. The number of aliphatic carboxylic acids is 1. The van der Waals surface area contributed by atoms with E-state index in [2.05, 4.69) is 28.6 Å². The molecule has 4 atom stereocenters. The van der Waals surface area contributed by atoms with Gasteiger partial charge in [-0.25, -0.2) is 4.79 Å². The van der Waals surface area contributed by atoms with E-state index in [1.54, 1.807) is 26.0 Å². The van der Waals surface area contributed by atoms with Crippen LogP contribution in [0.25, 0.3) is 0 Å². The summed E-state index contributed by atoms with van der Waals surface area (Å²) >= 11 is 3.99. The number of rotatable bonds is 15. The molecule has 3 amide bonds. The number of phenols is 1. The van der Waals surface area contributed by atoms with Crippen LogP contribution in [0.1, 0.15) is 38.7 Å². The molecule has 35 heavy (non-hydrogen) atoms. The number of hydrogen-bond donors (Lipinski definition) is 8. The first kappa shape index (κ1) is 30.2. The minimum absolute atomic E-state index is 0.0168. The van der Waals surface area contributed by atoms with Crippen LogP contribution in [0.2, 0.25) is 0 Å². The summed E-state index contributed by atoms with van der Waals surface area (Å²) in [5.41, 5.74) is 11.8. The SMILES string of the molecule is CC(C)C(NC(=O)C(N)CS)C(=O)NC(CCCCN)C(=O)NC(Cc1ccc(O)cc1)C(=O)O. The summed E-state index contributed by atoms with van der Waals surface area (Å²) in [6.07, 6.45) is 1.34. The third-order valence-corrected chi connectivity index (χ3v) is 5.74. The van der Waals surface area contributed by atoms with Gasteiger partial charge >= 0.3 is 5.97 Å². The van der Waals surface area contributed by atoms with Crippen molar-refractivity contribution in [1.29, 1.82) is 0 Å². The lowest BCUT2D eigenvalue weighted by Gasteiger charge is -2.27. The molecule has 0 aliphatic heterocycles. The lowest BCUT2D eigenvalue weighted by molar-refractivity contribution is -0.142. The summed E-state index contributed by atoms with van der Waals surface area (Å²) in [7, 11) is 0. The second-order valence-electron chi connectivity index (χ2n) is 8.63. The van der Waals surface area contributed by atoms with Gasteiger partial charge in [-0.15, -0.1) is 0 Å². The standard InChI is InChI=1S/C23H37N5O6S/c1-13(2)19(28-20(30)16(25)12-35)22(32)26-17(5-3-4-10-24)21(31)27-18(23(33)34)11-14-6-8-15(29)9-7-14/h6-9,13,16-19,29,35H,3-5,10-12,24-25H2,1-2H3,(H,26,32)(H,27,31)(H,28,30)(H,33,34). The molecule has 1 aromatic carbocycles. The largest absolute Gasteiger partial charge is 0.508 e. The van der Waals surface area contributed by atoms with E-state index < -0.39 is 47.9 Å². The fourth-order valence-electron chi connectivity index (χ4n) is 3.24. The second-order valence-corrected chi connectivity index (χ2v) is 9.00. The van der Waals surface area contributed by atoms with Crippen molar-refractivity contribution in [1.82, 2.24) is 16.0 Å². The van der Waals surface area contributed by atoms with Crippen LogP contribution in [-0.4, -0.2) is 70.4 Å². The number of carbonyl (C=O) groups is 4. The highest BCUT2D eigenvalue weighted by molar-refractivity contribution is 7.80. The fraction of sp³-hybridized carbons (Fsp3) is 0.565. The number of unbranched alkanes of at least 4 members (excludes halogenated alkanes) is 1. The number of benzene rings is 1. The van der Waals surface area contributed by atoms with Crippen molar-refractivity contribution in [2.45, 2.75) is 63.7 Å². The number of nitrogens with one attached hydrogen (secondary N) is 3. The lowest BCUT2D eigenvalue weighted by atomic mass is 10.0. The van der Waals surface area contributed by atoms with E-state index in [-0.39, 0.29) is 30.3 Å². The molecule has 0 aromatic heterocycles. The van der Waals surface area contributed by atoms with Crippen molar-refractivity contribution < 1.29 is 29.4 Å². The summed E-state index contributed by atoms with van der Waals surface area (Å²) in [5, 5.41) is 26.7. The number of carboxylic acid groups (broad SMARTS) is 1. The minimum Gasteiger partial charge on any atom is -0.508 e. The average molecular weight is 512 g/mol. The van der Waals surface area contributed by atoms with Gasteiger partial charge in [0.2, 0.25) is 17.7 Å². The van der Waals surface area contributed by atoms with Crippen LogP contribution in [0.3, 0.4) is 0 Å². The Morgan fingerprint density at radius 2 is 1.54 bits per heavy atom.